The number of rotatable bonds is 5. The number of hydrogen-bond donors (Lipinski definition) is 1. The minimum Gasteiger partial charge on any atom is -0.431 e. The molecule has 2 aromatic carbocycles. The van der Waals surface area contributed by atoms with Gasteiger partial charge in [0.15, 0.2) is 11.4 Å². The second-order valence-electron chi connectivity index (χ2n) is 5.72. The first-order valence-electron chi connectivity index (χ1n) is 8.06. The summed E-state index contributed by atoms with van der Waals surface area (Å²) in [7, 11) is 1.81. The van der Waals surface area contributed by atoms with Crippen LogP contribution in [0.5, 0.6) is 0 Å². The lowest BCUT2D eigenvalue weighted by Crippen LogP contribution is -2.14. The highest BCUT2D eigenvalue weighted by Gasteiger charge is 2.14. The Morgan fingerprint density at radius 1 is 1.15 bits per heavy atom. The number of aromatic nitrogens is 3. The van der Waals surface area contributed by atoms with E-state index in [1.54, 1.807) is 30.1 Å². The fourth-order valence-corrected chi connectivity index (χ4v) is 3.43. The van der Waals surface area contributed by atoms with Crippen LogP contribution in [0, 0.1) is 0 Å². The molecular weight excluding hydrogens is 348 g/mol. The Bertz CT molecular complexity index is 1040. The first-order valence-corrected chi connectivity index (χ1v) is 9.05. The van der Waals surface area contributed by atoms with Crippen LogP contribution in [-0.4, -0.2) is 20.7 Å². The number of para-hydroxylation sites is 2. The lowest BCUT2D eigenvalue weighted by atomic mass is 10.1. The standard InChI is InChI=1S/C19H16N4O2S/c1-23-11-10-17(22-23)21-18(24)14-7-3-2-6-13(14)12-26-19-20-15-8-4-5-9-16(15)25-19/h2-11H,12H2,1H3,(H,21,22,24). The van der Waals surface area contributed by atoms with Gasteiger partial charge in [-0.05, 0) is 23.8 Å². The predicted octanol–water partition coefficient (Wildman–Crippen LogP) is 4.11. The third kappa shape index (κ3) is 3.48. The Morgan fingerprint density at radius 2 is 1.96 bits per heavy atom. The molecule has 0 aliphatic carbocycles. The molecule has 7 heteroatoms. The van der Waals surface area contributed by atoms with E-state index in [0.717, 1.165) is 16.7 Å². The van der Waals surface area contributed by atoms with Crippen molar-refractivity contribution >= 4 is 34.6 Å². The topological polar surface area (TPSA) is 73.0 Å². The van der Waals surface area contributed by atoms with Crippen LogP contribution in [0.2, 0.25) is 0 Å². The minimum atomic E-state index is -0.183. The second-order valence-corrected chi connectivity index (χ2v) is 6.65. The molecule has 0 saturated carbocycles. The number of fused-ring (bicyclic) bond motifs is 1. The van der Waals surface area contributed by atoms with Gasteiger partial charge in [-0.2, -0.15) is 5.10 Å². The zero-order valence-electron chi connectivity index (χ0n) is 14.0. The first-order chi connectivity index (χ1) is 12.7. The molecule has 26 heavy (non-hydrogen) atoms. The molecule has 1 N–H and O–H groups in total. The molecule has 0 aliphatic rings. The van der Waals surface area contributed by atoms with E-state index in [1.165, 1.54) is 11.8 Å². The van der Waals surface area contributed by atoms with Crippen molar-refractivity contribution in [1.82, 2.24) is 14.8 Å². The van der Waals surface area contributed by atoms with E-state index < -0.39 is 0 Å². The Balaban J connectivity index is 1.50. The summed E-state index contributed by atoms with van der Waals surface area (Å²) >= 11 is 1.46. The van der Waals surface area contributed by atoms with E-state index in [9.17, 15) is 4.79 Å². The molecule has 0 radical (unpaired) electrons. The molecule has 0 saturated heterocycles. The van der Waals surface area contributed by atoms with E-state index in [1.807, 2.05) is 42.5 Å². The largest absolute Gasteiger partial charge is 0.431 e. The van der Waals surface area contributed by atoms with Gasteiger partial charge in [0.1, 0.15) is 5.52 Å². The van der Waals surface area contributed by atoms with Crippen LogP contribution in [0.1, 0.15) is 15.9 Å². The van der Waals surface area contributed by atoms with Gasteiger partial charge < -0.3 is 9.73 Å². The number of thioether (sulfide) groups is 1. The molecule has 130 valence electrons. The van der Waals surface area contributed by atoms with Gasteiger partial charge in [0.05, 0.1) is 0 Å². The molecule has 4 rings (SSSR count). The molecule has 0 fully saturated rings. The highest BCUT2D eigenvalue weighted by molar-refractivity contribution is 7.98. The van der Waals surface area contributed by atoms with E-state index >= 15 is 0 Å². The summed E-state index contributed by atoms with van der Waals surface area (Å²) in [5.74, 6) is 0.926. The SMILES string of the molecule is Cn1ccc(NC(=O)c2ccccc2CSc2nc3ccccc3o2)n1. The number of oxazole rings is 1. The van der Waals surface area contributed by atoms with Gasteiger partial charge in [0, 0.05) is 30.6 Å². The smallest absolute Gasteiger partial charge is 0.257 e. The summed E-state index contributed by atoms with van der Waals surface area (Å²) < 4.78 is 7.37. The van der Waals surface area contributed by atoms with Gasteiger partial charge in [-0.1, -0.05) is 42.1 Å². The highest BCUT2D eigenvalue weighted by Crippen LogP contribution is 2.27. The van der Waals surface area contributed by atoms with Gasteiger partial charge in [-0.3, -0.25) is 9.48 Å². The molecule has 0 atom stereocenters. The lowest BCUT2D eigenvalue weighted by molar-refractivity contribution is 0.102. The zero-order valence-corrected chi connectivity index (χ0v) is 14.9. The van der Waals surface area contributed by atoms with Crippen molar-refractivity contribution in [2.45, 2.75) is 11.0 Å². The van der Waals surface area contributed by atoms with Gasteiger partial charge in [-0.25, -0.2) is 4.98 Å². The van der Waals surface area contributed by atoms with Crippen molar-refractivity contribution in [3.05, 3.63) is 71.9 Å². The number of hydrogen-bond acceptors (Lipinski definition) is 5. The Kier molecular flexibility index (Phi) is 4.45. The first kappa shape index (κ1) is 16.4. The van der Waals surface area contributed by atoms with E-state index in [2.05, 4.69) is 15.4 Å². The summed E-state index contributed by atoms with van der Waals surface area (Å²) in [5.41, 5.74) is 3.11. The number of anilines is 1. The monoisotopic (exact) mass is 364 g/mol. The van der Waals surface area contributed by atoms with Gasteiger partial charge in [-0.15, -0.1) is 0 Å². The zero-order chi connectivity index (χ0) is 17.9. The fourth-order valence-electron chi connectivity index (χ4n) is 2.59. The van der Waals surface area contributed by atoms with Crippen molar-refractivity contribution in [2.24, 2.45) is 7.05 Å². The van der Waals surface area contributed by atoms with Crippen molar-refractivity contribution in [1.29, 1.82) is 0 Å². The molecule has 4 aromatic rings. The molecule has 2 aromatic heterocycles. The van der Waals surface area contributed by atoms with Crippen LogP contribution in [0.15, 0.2) is 70.4 Å². The summed E-state index contributed by atoms with van der Waals surface area (Å²) in [5, 5.41) is 7.59. The maximum Gasteiger partial charge on any atom is 0.257 e. The summed E-state index contributed by atoms with van der Waals surface area (Å²) in [6.45, 7) is 0. The predicted molar refractivity (Wildman–Crippen MR) is 101 cm³/mol. The normalized spacial score (nSPS) is 11.0. The number of benzene rings is 2. The van der Waals surface area contributed by atoms with Crippen molar-refractivity contribution in [3.8, 4) is 0 Å². The number of nitrogens with zero attached hydrogens (tertiary/aromatic N) is 3. The molecule has 6 nitrogen and oxygen atoms in total. The molecule has 2 heterocycles. The Morgan fingerprint density at radius 3 is 2.77 bits per heavy atom. The quantitative estimate of drug-likeness (QED) is 0.540. The Hall–Kier alpha value is -3.06. The molecule has 0 aliphatic heterocycles. The lowest BCUT2D eigenvalue weighted by Gasteiger charge is -2.08. The van der Waals surface area contributed by atoms with Crippen LogP contribution in [0.3, 0.4) is 0 Å². The van der Waals surface area contributed by atoms with Crippen LogP contribution in [-0.2, 0) is 12.8 Å². The number of aryl methyl sites for hydroxylation is 1. The molecule has 1 amide bonds. The molecule has 0 spiro atoms. The van der Waals surface area contributed by atoms with Gasteiger partial charge >= 0.3 is 0 Å². The number of nitrogens with one attached hydrogen (secondary N) is 1. The maximum atomic E-state index is 12.6. The highest BCUT2D eigenvalue weighted by atomic mass is 32.2. The summed E-state index contributed by atoms with van der Waals surface area (Å²) in [6.07, 6.45) is 1.78. The third-order valence-corrected chi connectivity index (χ3v) is 4.72. The molecule has 0 unspecified atom stereocenters. The average Bonchev–Trinajstić information content (AvgIpc) is 3.25. The average molecular weight is 364 g/mol. The third-order valence-electron chi connectivity index (χ3n) is 3.84. The number of carbonyl (C=O) groups excluding carboxylic acids is 1. The van der Waals surface area contributed by atoms with Crippen molar-refractivity contribution < 1.29 is 9.21 Å². The van der Waals surface area contributed by atoms with E-state index in [0.29, 0.717) is 22.4 Å². The van der Waals surface area contributed by atoms with E-state index in [-0.39, 0.29) is 5.91 Å². The van der Waals surface area contributed by atoms with Gasteiger partial charge in [0.25, 0.3) is 11.1 Å². The van der Waals surface area contributed by atoms with E-state index in [4.69, 9.17) is 4.42 Å². The fraction of sp³-hybridized carbons (Fsp3) is 0.105. The van der Waals surface area contributed by atoms with Crippen molar-refractivity contribution in [2.75, 3.05) is 5.32 Å². The summed E-state index contributed by atoms with van der Waals surface area (Å²) in [4.78, 5) is 17.0. The summed E-state index contributed by atoms with van der Waals surface area (Å²) in [6, 6.07) is 16.9. The maximum absolute atomic E-state index is 12.6. The van der Waals surface area contributed by atoms with Crippen LogP contribution in [0.25, 0.3) is 11.1 Å². The second kappa shape index (κ2) is 7.05. The minimum absolute atomic E-state index is 0.183. The molecular formula is C19H16N4O2S. The van der Waals surface area contributed by atoms with Gasteiger partial charge in [0.2, 0.25) is 0 Å². The Labute approximate surface area is 154 Å². The molecule has 0 bridgehead atoms. The van der Waals surface area contributed by atoms with Crippen LogP contribution >= 0.6 is 11.8 Å². The van der Waals surface area contributed by atoms with Crippen LogP contribution in [0.4, 0.5) is 5.82 Å². The van der Waals surface area contributed by atoms with Crippen molar-refractivity contribution in [3.63, 3.8) is 0 Å². The number of amides is 1. The number of carbonyl (C=O) groups is 1. The van der Waals surface area contributed by atoms with Crippen LogP contribution < -0.4 is 5.32 Å².